The normalized spacial score (nSPS) is 42.5. The van der Waals surface area contributed by atoms with E-state index in [1.54, 1.807) is 0 Å². The van der Waals surface area contributed by atoms with Gasteiger partial charge in [-0.15, -0.1) is 0 Å². The Bertz CT molecular complexity index is 836. The molecule has 0 amide bonds. The van der Waals surface area contributed by atoms with Gasteiger partial charge in [-0.3, -0.25) is 0 Å². The van der Waals surface area contributed by atoms with Gasteiger partial charge in [-0.25, -0.2) is 0 Å². The van der Waals surface area contributed by atoms with Crippen LogP contribution >= 0.6 is 0 Å². The van der Waals surface area contributed by atoms with Gasteiger partial charge in [0.15, 0.2) is 0 Å². The number of aliphatic hydroxyl groups excluding tert-OH is 2. The minimum absolute atomic E-state index is 0.114. The second-order valence-electron chi connectivity index (χ2n) is 11.6. The lowest BCUT2D eigenvalue weighted by atomic mass is 9.49. The fraction of sp³-hybridized carbons (Fsp3) is 0.714. The van der Waals surface area contributed by atoms with Gasteiger partial charge in [0.25, 0.3) is 0 Å². The summed E-state index contributed by atoms with van der Waals surface area (Å²) in [5, 5.41) is 20.7. The van der Waals surface area contributed by atoms with Crippen molar-refractivity contribution in [2.24, 2.45) is 34.5 Å². The zero-order valence-corrected chi connectivity index (χ0v) is 19.5. The van der Waals surface area contributed by atoms with Gasteiger partial charge in [-0.05, 0) is 97.5 Å². The highest BCUT2D eigenvalue weighted by molar-refractivity contribution is 5.57. The Morgan fingerprint density at radius 2 is 1.87 bits per heavy atom. The molecule has 3 aliphatic carbocycles. The third kappa shape index (κ3) is 3.38. The fourth-order valence-corrected chi connectivity index (χ4v) is 8.29. The molecule has 3 fully saturated rings. The Balaban J connectivity index is 1.49. The molecule has 1 aromatic rings. The molecule has 3 nitrogen and oxygen atoms in total. The van der Waals surface area contributed by atoms with Crippen LogP contribution in [0.3, 0.4) is 0 Å². The van der Waals surface area contributed by atoms with E-state index in [0.29, 0.717) is 17.8 Å². The maximum Gasteiger partial charge on any atom is 0.0544 e. The van der Waals surface area contributed by atoms with Gasteiger partial charge in [0.05, 0.1) is 6.10 Å². The van der Waals surface area contributed by atoms with Gasteiger partial charge < -0.3 is 15.1 Å². The largest absolute Gasteiger partial charge is 0.396 e. The molecule has 1 heterocycles. The highest BCUT2D eigenvalue weighted by atomic mass is 16.3. The van der Waals surface area contributed by atoms with Crippen molar-refractivity contribution in [3.05, 3.63) is 42.0 Å². The van der Waals surface area contributed by atoms with Crippen molar-refractivity contribution >= 4 is 5.69 Å². The molecule has 0 saturated heterocycles. The fourth-order valence-electron chi connectivity index (χ4n) is 8.29. The summed E-state index contributed by atoms with van der Waals surface area (Å²) in [6, 6.07) is 8.95. The highest BCUT2D eigenvalue weighted by Gasteiger charge is 2.57. The van der Waals surface area contributed by atoms with E-state index < -0.39 is 0 Å². The third-order valence-corrected chi connectivity index (χ3v) is 10.4. The molecule has 2 unspecified atom stereocenters. The zero-order valence-electron chi connectivity index (χ0n) is 19.5. The number of allylic oxidation sites excluding steroid dienone is 1. The Morgan fingerprint density at radius 3 is 2.68 bits per heavy atom. The minimum Gasteiger partial charge on any atom is -0.396 e. The Kier molecular flexibility index (Phi) is 5.50. The van der Waals surface area contributed by atoms with Gasteiger partial charge in [0, 0.05) is 25.4 Å². The number of hydrogen-bond acceptors (Lipinski definition) is 3. The van der Waals surface area contributed by atoms with Crippen LogP contribution in [0.15, 0.2) is 36.4 Å². The van der Waals surface area contributed by atoms with Crippen LogP contribution in [0.4, 0.5) is 5.69 Å². The summed E-state index contributed by atoms with van der Waals surface area (Å²) >= 11 is 0. The van der Waals surface area contributed by atoms with Crippen LogP contribution in [-0.4, -0.2) is 36.0 Å². The first-order valence-electron chi connectivity index (χ1n) is 12.7. The van der Waals surface area contributed by atoms with Crippen LogP contribution in [0.5, 0.6) is 0 Å². The Labute approximate surface area is 188 Å². The van der Waals surface area contributed by atoms with Crippen molar-refractivity contribution in [2.45, 2.75) is 71.3 Å². The number of anilines is 1. The monoisotopic (exact) mass is 423 g/mol. The molecule has 0 radical (unpaired) electrons. The molecule has 1 aliphatic heterocycles. The summed E-state index contributed by atoms with van der Waals surface area (Å²) in [6.45, 7) is 11.9. The van der Waals surface area contributed by atoms with Gasteiger partial charge in [-0.2, -0.15) is 0 Å². The topological polar surface area (TPSA) is 43.7 Å². The van der Waals surface area contributed by atoms with Gasteiger partial charge >= 0.3 is 0 Å². The summed E-state index contributed by atoms with van der Waals surface area (Å²) in [5.41, 5.74) is 4.80. The molecule has 5 rings (SSSR count). The molecule has 0 aromatic heterocycles. The first-order chi connectivity index (χ1) is 14.9. The van der Waals surface area contributed by atoms with E-state index in [4.69, 9.17) is 0 Å². The number of hydrogen-bond donors (Lipinski definition) is 2. The van der Waals surface area contributed by atoms with Gasteiger partial charge in [0.2, 0.25) is 0 Å². The standard InChI is InChI=1S/C28H41NO2/c1-19-8-9-24-23(17-29-15-12-20-6-4-5-7-26(20)29)25(11-14-27(19,24)2)28(3)13-10-22(31)16-21(28)18-30/h4-7,21-25,30-31H,1,8-18H2,2-3H3/t21-,22+,23+,24?,25?,27-,28+/m1/s1. The molecule has 7 atom stereocenters. The summed E-state index contributed by atoms with van der Waals surface area (Å²) in [5.74, 6) is 2.13. The predicted octanol–water partition coefficient (Wildman–Crippen LogP) is 5.21. The number of para-hydroxylation sites is 1. The smallest absolute Gasteiger partial charge is 0.0544 e. The molecule has 1 aromatic carbocycles. The predicted molar refractivity (Wildman–Crippen MR) is 127 cm³/mol. The first kappa shape index (κ1) is 21.5. The maximum absolute atomic E-state index is 10.3. The van der Waals surface area contributed by atoms with Crippen molar-refractivity contribution < 1.29 is 10.2 Å². The second-order valence-corrected chi connectivity index (χ2v) is 11.6. The lowest BCUT2D eigenvalue weighted by Gasteiger charge is -2.57. The van der Waals surface area contributed by atoms with Crippen molar-refractivity contribution in [1.82, 2.24) is 0 Å². The van der Waals surface area contributed by atoms with Crippen molar-refractivity contribution in [1.29, 1.82) is 0 Å². The second kappa shape index (κ2) is 7.92. The maximum atomic E-state index is 10.3. The average molecular weight is 424 g/mol. The van der Waals surface area contributed by atoms with Gasteiger partial charge in [0.1, 0.15) is 0 Å². The Hall–Kier alpha value is -1.32. The van der Waals surface area contributed by atoms with Crippen LogP contribution in [-0.2, 0) is 6.42 Å². The van der Waals surface area contributed by atoms with Crippen LogP contribution in [0.25, 0.3) is 0 Å². The summed E-state index contributed by atoms with van der Waals surface area (Å²) in [6.07, 6.45) is 8.53. The summed E-state index contributed by atoms with van der Waals surface area (Å²) < 4.78 is 0. The van der Waals surface area contributed by atoms with Crippen LogP contribution < -0.4 is 4.90 Å². The molecule has 4 aliphatic rings. The van der Waals surface area contributed by atoms with E-state index in [9.17, 15) is 10.2 Å². The van der Waals surface area contributed by atoms with Crippen LogP contribution in [0.1, 0.15) is 64.4 Å². The van der Waals surface area contributed by atoms with E-state index in [2.05, 4.69) is 49.6 Å². The lowest BCUT2D eigenvalue weighted by Crippen LogP contribution is -2.53. The number of fused-ring (bicyclic) bond motifs is 2. The van der Waals surface area contributed by atoms with E-state index in [1.807, 2.05) is 0 Å². The molecular weight excluding hydrogens is 382 g/mol. The van der Waals surface area contributed by atoms with Crippen molar-refractivity contribution in [3.8, 4) is 0 Å². The third-order valence-electron chi connectivity index (χ3n) is 10.4. The van der Waals surface area contributed by atoms with Crippen LogP contribution in [0, 0.1) is 34.5 Å². The first-order valence-corrected chi connectivity index (χ1v) is 12.7. The zero-order chi connectivity index (χ0) is 21.8. The number of nitrogens with zero attached hydrogens (tertiary/aromatic N) is 1. The molecule has 3 saturated carbocycles. The van der Waals surface area contributed by atoms with Gasteiger partial charge in [-0.1, -0.05) is 44.2 Å². The lowest BCUT2D eigenvalue weighted by molar-refractivity contribution is -0.0919. The molecule has 3 heteroatoms. The Morgan fingerprint density at radius 1 is 1.06 bits per heavy atom. The number of aliphatic hydroxyl groups is 2. The van der Waals surface area contributed by atoms with E-state index in [0.717, 1.165) is 38.8 Å². The minimum atomic E-state index is -0.241. The van der Waals surface area contributed by atoms with E-state index >= 15 is 0 Å². The molecule has 170 valence electrons. The molecule has 0 bridgehead atoms. The summed E-state index contributed by atoms with van der Waals surface area (Å²) in [7, 11) is 0. The SMILES string of the molecule is C=C1CCC2[C@H](CN3CCc4ccccc43)C([C@@]3(C)CC[C@H](O)C[C@@H]3CO)CC[C@]12C. The average Bonchev–Trinajstić information content (AvgIpc) is 3.31. The number of rotatable bonds is 4. The molecule has 31 heavy (non-hydrogen) atoms. The van der Waals surface area contributed by atoms with E-state index in [-0.39, 0.29) is 29.5 Å². The molecule has 2 N–H and O–H groups in total. The van der Waals surface area contributed by atoms with Crippen molar-refractivity contribution in [3.63, 3.8) is 0 Å². The molecule has 0 spiro atoms. The highest BCUT2D eigenvalue weighted by Crippen LogP contribution is 2.63. The quantitative estimate of drug-likeness (QED) is 0.654. The summed E-state index contributed by atoms with van der Waals surface area (Å²) in [4.78, 5) is 2.66. The molecular formula is C28H41NO2. The van der Waals surface area contributed by atoms with Crippen molar-refractivity contribution in [2.75, 3.05) is 24.6 Å². The van der Waals surface area contributed by atoms with E-state index in [1.165, 1.54) is 42.5 Å². The number of benzene rings is 1. The van der Waals surface area contributed by atoms with Crippen LogP contribution in [0.2, 0.25) is 0 Å².